The molecule has 2 amide bonds. The topological polar surface area (TPSA) is 211 Å². The number of nitrogens with one attached hydrogen (secondary N) is 1. The summed E-state index contributed by atoms with van der Waals surface area (Å²) in [7, 11) is 0. The van der Waals surface area contributed by atoms with Gasteiger partial charge in [-0.25, -0.2) is 14.6 Å². The van der Waals surface area contributed by atoms with Crippen molar-refractivity contribution in [2.24, 2.45) is 5.16 Å². The maximum atomic E-state index is 13.1. The van der Waals surface area contributed by atoms with Gasteiger partial charge in [-0.1, -0.05) is 5.16 Å². The molecule has 1 saturated carbocycles. The van der Waals surface area contributed by atoms with E-state index in [4.69, 9.17) is 15.3 Å². The second-order valence-corrected chi connectivity index (χ2v) is 10.1. The van der Waals surface area contributed by atoms with Crippen LogP contribution in [0.2, 0.25) is 0 Å². The Balaban J connectivity index is 1.54. The first kappa shape index (κ1) is 25.4. The molecule has 0 aromatic carbocycles. The zero-order valence-electron chi connectivity index (χ0n) is 18.8. The lowest BCUT2D eigenvalue weighted by molar-refractivity contribution is -0.178. The number of anilines is 1. The van der Waals surface area contributed by atoms with Gasteiger partial charge in [0.15, 0.2) is 10.8 Å². The summed E-state index contributed by atoms with van der Waals surface area (Å²) in [4.78, 5) is 70.9. The molecule has 16 heteroatoms. The summed E-state index contributed by atoms with van der Waals surface area (Å²) < 4.78 is 4.89. The van der Waals surface area contributed by atoms with Gasteiger partial charge >= 0.3 is 17.9 Å². The number of esters is 1. The molecule has 192 valence electrons. The number of aromatic nitrogens is 1. The van der Waals surface area contributed by atoms with E-state index in [1.54, 1.807) is 0 Å². The predicted octanol–water partition coefficient (Wildman–Crippen LogP) is -0.245. The zero-order chi connectivity index (χ0) is 26.2. The number of aliphatic carboxylic acids is 2. The van der Waals surface area contributed by atoms with Gasteiger partial charge in [0, 0.05) is 36.5 Å². The van der Waals surface area contributed by atoms with Crippen molar-refractivity contribution in [3.8, 4) is 0 Å². The quantitative estimate of drug-likeness (QED) is 0.139. The Morgan fingerprint density at radius 1 is 1.33 bits per heavy atom. The van der Waals surface area contributed by atoms with Crippen LogP contribution >= 0.6 is 23.1 Å². The molecule has 1 aromatic rings. The standard InChI is InChI=1S/C20H21N5O9S2/c1-8(26)33-5-9-6-35-16-12(15(28)25(16)13(9)17(29)30)23-14(27)11(10-7-36-19(21)22-10)24-34-20(18(31)32)3-2-4-20/h7,12,16H,2-6H2,1H3,(H2,21,22)(H,23,27)(H,29,30)(H,31,32)/b24-11-/t12?,16-/m0/s1. The smallest absolute Gasteiger partial charge is 0.352 e. The molecule has 5 N–H and O–H groups in total. The largest absolute Gasteiger partial charge is 0.478 e. The number of carboxylic acids is 2. The Labute approximate surface area is 211 Å². The van der Waals surface area contributed by atoms with Crippen molar-refractivity contribution in [1.29, 1.82) is 0 Å². The molecule has 4 rings (SSSR count). The van der Waals surface area contributed by atoms with Crippen LogP contribution in [-0.4, -0.2) is 84.9 Å². The highest BCUT2D eigenvalue weighted by atomic mass is 32.2. The number of nitrogens with two attached hydrogens (primary N) is 1. The fourth-order valence-corrected chi connectivity index (χ4v) is 5.64. The lowest BCUT2D eigenvalue weighted by Crippen LogP contribution is -2.71. The molecule has 3 heterocycles. The molecule has 1 saturated heterocycles. The van der Waals surface area contributed by atoms with Crippen LogP contribution in [0, 0.1) is 0 Å². The number of rotatable bonds is 9. The second kappa shape index (κ2) is 9.77. The van der Waals surface area contributed by atoms with Gasteiger partial charge in [0.2, 0.25) is 5.60 Å². The third kappa shape index (κ3) is 4.60. The molecule has 1 aromatic heterocycles. The fourth-order valence-electron chi connectivity index (χ4n) is 3.77. The highest BCUT2D eigenvalue weighted by molar-refractivity contribution is 8.00. The number of hydrogen-bond donors (Lipinski definition) is 4. The van der Waals surface area contributed by atoms with E-state index in [9.17, 15) is 34.2 Å². The van der Waals surface area contributed by atoms with Gasteiger partial charge in [-0.2, -0.15) is 0 Å². The summed E-state index contributed by atoms with van der Waals surface area (Å²) in [6.45, 7) is 0.907. The molecule has 1 unspecified atom stereocenters. The molecule has 2 aliphatic heterocycles. The maximum absolute atomic E-state index is 13.1. The maximum Gasteiger partial charge on any atom is 0.352 e. The Kier molecular flexibility index (Phi) is 6.90. The van der Waals surface area contributed by atoms with Gasteiger partial charge in [0.25, 0.3) is 11.8 Å². The average molecular weight is 540 g/mol. The van der Waals surface area contributed by atoms with Gasteiger partial charge in [0.05, 0.1) is 0 Å². The number of nitrogens with zero attached hydrogens (tertiary/aromatic N) is 3. The minimum atomic E-state index is -1.55. The normalized spacial score (nSPS) is 22.6. The van der Waals surface area contributed by atoms with E-state index in [-0.39, 0.29) is 53.0 Å². The van der Waals surface area contributed by atoms with E-state index >= 15 is 0 Å². The number of carbonyl (C=O) groups is 5. The molecule has 14 nitrogen and oxygen atoms in total. The van der Waals surface area contributed by atoms with Gasteiger partial charge in [-0.15, -0.1) is 23.1 Å². The fraction of sp³-hybridized carbons (Fsp3) is 0.450. The number of amides is 2. The van der Waals surface area contributed by atoms with Crippen molar-refractivity contribution in [3.05, 3.63) is 22.3 Å². The highest BCUT2D eigenvalue weighted by Gasteiger charge is 2.54. The lowest BCUT2D eigenvalue weighted by Gasteiger charge is -2.49. The molecule has 0 bridgehead atoms. The molecular formula is C20H21N5O9S2. The van der Waals surface area contributed by atoms with Crippen molar-refractivity contribution in [2.45, 2.75) is 43.2 Å². The predicted molar refractivity (Wildman–Crippen MR) is 125 cm³/mol. The van der Waals surface area contributed by atoms with Gasteiger partial charge in [-0.05, 0) is 6.42 Å². The first-order valence-corrected chi connectivity index (χ1v) is 12.5. The van der Waals surface area contributed by atoms with E-state index in [0.717, 1.165) is 16.2 Å². The highest BCUT2D eigenvalue weighted by Crippen LogP contribution is 2.40. The number of β-lactam (4-membered cyclic amide) rings is 1. The average Bonchev–Trinajstić information content (AvgIpc) is 3.22. The lowest BCUT2D eigenvalue weighted by atomic mass is 9.80. The van der Waals surface area contributed by atoms with Crippen LogP contribution in [0.5, 0.6) is 0 Å². The number of ether oxygens (including phenoxy) is 1. The van der Waals surface area contributed by atoms with Crippen LogP contribution in [0.15, 0.2) is 21.8 Å². The third-order valence-electron chi connectivity index (χ3n) is 5.83. The zero-order valence-corrected chi connectivity index (χ0v) is 20.4. The molecule has 3 aliphatic rings. The Morgan fingerprint density at radius 3 is 2.58 bits per heavy atom. The van der Waals surface area contributed by atoms with Crippen LogP contribution in [0.4, 0.5) is 5.13 Å². The molecule has 36 heavy (non-hydrogen) atoms. The number of fused-ring (bicyclic) bond motifs is 1. The monoisotopic (exact) mass is 539 g/mol. The molecular weight excluding hydrogens is 518 g/mol. The number of oxime groups is 1. The Bertz CT molecular complexity index is 1210. The number of carbonyl (C=O) groups excluding carboxylic acids is 3. The molecule has 2 atom stereocenters. The van der Waals surface area contributed by atoms with Gasteiger partial charge < -0.3 is 30.8 Å². The van der Waals surface area contributed by atoms with E-state index in [1.165, 1.54) is 24.1 Å². The first-order valence-electron chi connectivity index (χ1n) is 10.6. The minimum Gasteiger partial charge on any atom is -0.478 e. The number of thiazole rings is 1. The van der Waals surface area contributed by atoms with E-state index in [1.807, 2.05) is 0 Å². The van der Waals surface area contributed by atoms with Crippen molar-refractivity contribution >= 4 is 63.7 Å². The number of hydrogen-bond acceptors (Lipinski definition) is 12. The van der Waals surface area contributed by atoms with Crippen molar-refractivity contribution < 1.29 is 43.8 Å². The van der Waals surface area contributed by atoms with Crippen molar-refractivity contribution in [2.75, 3.05) is 18.1 Å². The minimum absolute atomic E-state index is 0.0320. The summed E-state index contributed by atoms with van der Waals surface area (Å²) in [6, 6.07) is -1.09. The van der Waals surface area contributed by atoms with Gasteiger partial charge in [-0.3, -0.25) is 19.3 Å². The van der Waals surface area contributed by atoms with Gasteiger partial charge in [0.1, 0.15) is 29.4 Å². The summed E-state index contributed by atoms with van der Waals surface area (Å²) in [5, 5.41) is 26.3. The number of nitrogen functional groups attached to an aromatic ring is 1. The first-order chi connectivity index (χ1) is 17.0. The van der Waals surface area contributed by atoms with E-state index in [2.05, 4.69) is 15.5 Å². The second-order valence-electron chi connectivity index (χ2n) is 8.15. The summed E-state index contributed by atoms with van der Waals surface area (Å²) in [6.07, 6.45) is 1.06. The summed E-state index contributed by atoms with van der Waals surface area (Å²) in [5.41, 5.74) is 3.74. The summed E-state index contributed by atoms with van der Waals surface area (Å²) >= 11 is 2.21. The van der Waals surface area contributed by atoms with Crippen LogP contribution in [-0.2, 0) is 33.5 Å². The van der Waals surface area contributed by atoms with Crippen molar-refractivity contribution in [1.82, 2.24) is 15.2 Å². The Morgan fingerprint density at radius 2 is 2.06 bits per heavy atom. The number of thioether (sulfide) groups is 1. The molecule has 1 aliphatic carbocycles. The van der Waals surface area contributed by atoms with Crippen LogP contribution in [0.25, 0.3) is 0 Å². The van der Waals surface area contributed by atoms with E-state index < -0.39 is 46.7 Å². The van der Waals surface area contributed by atoms with Crippen LogP contribution in [0.1, 0.15) is 31.9 Å². The van der Waals surface area contributed by atoms with Crippen LogP contribution < -0.4 is 11.1 Å². The molecule has 2 fully saturated rings. The molecule has 0 radical (unpaired) electrons. The number of carboxylic acid groups (broad SMARTS) is 2. The van der Waals surface area contributed by atoms with E-state index in [0.29, 0.717) is 6.42 Å². The van der Waals surface area contributed by atoms with Crippen molar-refractivity contribution in [3.63, 3.8) is 0 Å². The third-order valence-corrected chi connectivity index (χ3v) is 7.84. The summed E-state index contributed by atoms with van der Waals surface area (Å²) in [5.74, 6) is -4.57. The Hall–Kier alpha value is -3.66. The van der Waals surface area contributed by atoms with Crippen LogP contribution in [0.3, 0.4) is 0 Å². The SMILES string of the molecule is CC(=O)OCC1=C(C(=O)O)N2C(=O)C(NC(=O)/C(=N\OC3(C(=O)O)CCC3)c3csc(N)n3)[C@@H]2SC1. The molecule has 0 spiro atoms.